The summed E-state index contributed by atoms with van der Waals surface area (Å²) < 4.78 is 5.15. The second-order valence-electron chi connectivity index (χ2n) is 5.27. The predicted molar refractivity (Wildman–Crippen MR) is 85.9 cm³/mol. The van der Waals surface area contributed by atoms with Crippen molar-refractivity contribution in [2.24, 2.45) is 0 Å². The van der Waals surface area contributed by atoms with Gasteiger partial charge in [-0.05, 0) is 12.8 Å². The molecular formula is C16H32O2S. The van der Waals surface area contributed by atoms with Gasteiger partial charge in [-0.15, -0.1) is 0 Å². The van der Waals surface area contributed by atoms with Gasteiger partial charge in [0.05, 0.1) is 11.9 Å². The van der Waals surface area contributed by atoms with E-state index in [1.54, 1.807) is 0 Å². The van der Waals surface area contributed by atoms with Gasteiger partial charge in [-0.1, -0.05) is 71.6 Å². The first-order valence-electron chi connectivity index (χ1n) is 8.07. The molecule has 0 fully saturated rings. The van der Waals surface area contributed by atoms with Crippen LogP contribution in [0.1, 0.15) is 84.5 Å². The minimum absolute atomic E-state index is 0.165. The van der Waals surface area contributed by atoms with Crippen molar-refractivity contribution in [3.63, 3.8) is 0 Å². The topological polar surface area (TPSA) is 26.3 Å². The molecule has 0 aromatic rings. The summed E-state index contributed by atoms with van der Waals surface area (Å²) in [6.07, 6.45) is 13.7. The van der Waals surface area contributed by atoms with Crippen LogP contribution in [-0.4, -0.2) is 17.8 Å². The molecule has 0 aliphatic heterocycles. The first kappa shape index (κ1) is 18.8. The van der Waals surface area contributed by atoms with Crippen LogP contribution in [0.4, 0.5) is 0 Å². The monoisotopic (exact) mass is 288 g/mol. The summed E-state index contributed by atoms with van der Waals surface area (Å²) in [5, 5.41) is -0.247. The van der Waals surface area contributed by atoms with Crippen LogP contribution in [0.5, 0.6) is 0 Å². The van der Waals surface area contributed by atoms with Crippen molar-refractivity contribution in [1.82, 2.24) is 0 Å². The maximum atomic E-state index is 11.3. The SMILES string of the molecule is CCCCCCCCCCCCOC(=O)C(S)CC. The van der Waals surface area contributed by atoms with Crippen LogP contribution in [0, 0.1) is 0 Å². The number of rotatable bonds is 13. The Hall–Kier alpha value is -0.180. The molecule has 0 spiro atoms. The van der Waals surface area contributed by atoms with Crippen molar-refractivity contribution in [2.45, 2.75) is 89.7 Å². The Labute approximate surface area is 125 Å². The Morgan fingerprint density at radius 3 is 1.84 bits per heavy atom. The molecule has 0 radical (unpaired) electrons. The third-order valence-electron chi connectivity index (χ3n) is 3.40. The van der Waals surface area contributed by atoms with Gasteiger partial charge >= 0.3 is 5.97 Å². The number of carbonyl (C=O) groups excluding carboxylic acids is 1. The number of ether oxygens (including phenoxy) is 1. The highest BCUT2D eigenvalue weighted by molar-refractivity contribution is 7.81. The van der Waals surface area contributed by atoms with Gasteiger partial charge in [0.25, 0.3) is 0 Å². The molecule has 0 amide bonds. The zero-order valence-electron chi connectivity index (χ0n) is 12.8. The summed E-state index contributed by atoms with van der Waals surface area (Å²) in [6.45, 7) is 4.76. The van der Waals surface area contributed by atoms with Gasteiger partial charge in [0, 0.05) is 0 Å². The molecule has 19 heavy (non-hydrogen) atoms. The lowest BCUT2D eigenvalue weighted by Crippen LogP contribution is -2.17. The van der Waals surface area contributed by atoms with E-state index in [4.69, 9.17) is 4.74 Å². The molecule has 1 atom stereocenters. The van der Waals surface area contributed by atoms with Crippen molar-refractivity contribution in [2.75, 3.05) is 6.61 Å². The average molecular weight is 288 g/mol. The summed E-state index contributed by atoms with van der Waals surface area (Å²) in [5.41, 5.74) is 0. The first-order valence-corrected chi connectivity index (χ1v) is 8.58. The molecule has 0 rings (SSSR count). The van der Waals surface area contributed by atoms with Gasteiger partial charge in [-0.3, -0.25) is 4.79 Å². The lowest BCUT2D eigenvalue weighted by atomic mass is 10.1. The molecule has 0 aliphatic carbocycles. The van der Waals surface area contributed by atoms with Gasteiger partial charge in [-0.2, -0.15) is 12.6 Å². The molecule has 114 valence electrons. The zero-order valence-corrected chi connectivity index (χ0v) is 13.7. The second-order valence-corrected chi connectivity index (χ2v) is 5.90. The summed E-state index contributed by atoms with van der Waals surface area (Å²) >= 11 is 4.16. The number of unbranched alkanes of at least 4 members (excludes halogenated alkanes) is 9. The Morgan fingerprint density at radius 1 is 0.895 bits per heavy atom. The second kappa shape index (κ2) is 14.2. The van der Waals surface area contributed by atoms with E-state index < -0.39 is 0 Å². The highest BCUT2D eigenvalue weighted by Crippen LogP contribution is 2.11. The fraction of sp³-hybridized carbons (Fsp3) is 0.938. The van der Waals surface area contributed by atoms with E-state index in [1.807, 2.05) is 6.92 Å². The molecule has 0 bridgehead atoms. The van der Waals surface area contributed by atoms with Gasteiger partial charge in [0.1, 0.15) is 0 Å². The van der Waals surface area contributed by atoms with E-state index in [1.165, 1.54) is 57.8 Å². The van der Waals surface area contributed by atoms with Gasteiger partial charge in [0.15, 0.2) is 0 Å². The maximum absolute atomic E-state index is 11.3. The predicted octanol–water partition coefficient (Wildman–Crippen LogP) is 5.16. The summed E-state index contributed by atoms with van der Waals surface area (Å²) in [4.78, 5) is 11.3. The zero-order chi connectivity index (χ0) is 14.3. The molecule has 2 nitrogen and oxygen atoms in total. The van der Waals surface area contributed by atoms with Crippen molar-refractivity contribution >= 4 is 18.6 Å². The Kier molecular flexibility index (Phi) is 14.1. The Morgan fingerprint density at radius 2 is 1.37 bits per heavy atom. The van der Waals surface area contributed by atoms with Gasteiger partial charge < -0.3 is 4.74 Å². The van der Waals surface area contributed by atoms with E-state index in [9.17, 15) is 4.79 Å². The summed E-state index contributed by atoms with van der Waals surface area (Å²) in [6, 6.07) is 0. The number of hydrogen-bond acceptors (Lipinski definition) is 3. The van der Waals surface area contributed by atoms with Crippen molar-refractivity contribution < 1.29 is 9.53 Å². The highest BCUT2D eigenvalue weighted by Gasteiger charge is 2.11. The molecule has 0 N–H and O–H groups in total. The van der Waals surface area contributed by atoms with Crippen molar-refractivity contribution in [3.05, 3.63) is 0 Å². The Balaban J connectivity index is 3.13. The molecule has 1 unspecified atom stereocenters. The summed E-state index contributed by atoms with van der Waals surface area (Å²) in [7, 11) is 0. The molecule has 0 aromatic heterocycles. The number of carbonyl (C=O) groups is 1. The standard InChI is InChI=1S/C16H32O2S/c1-3-5-6-7-8-9-10-11-12-13-14-18-16(17)15(19)4-2/h15,19H,3-14H2,1-2H3. The van der Waals surface area contributed by atoms with Crippen molar-refractivity contribution in [1.29, 1.82) is 0 Å². The van der Waals surface area contributed by atoms with Crippen LogP contribution in [0.2, 0.25) is 0 Å². The van der Waals surface area contributed by atoms with E-state index >= 15 is 0 Å². The van der Waals surface area contributed by atoms with E-state index in [0.717, 1.165) is 12.8 Å². The van der Waals surface area contributed by atoms with E-state index in [0.29, 0.717) is 6.61 Å². The number of hydrogen-bond donors (Lipinski definition) is 1. The smallest absolute Gasteiger partial charge is 0.318 e. The quantitative estimate of drug-likeness (QED) is 0.288. The fourth-order valence-electron chi connectivity index (χ4n) is 2.03. The van der Waals surface area contributed by atoms with Crippen LogP contribution in [0.15, 0.2) is 0 Å². The largest absolute Gasteiger partial charge is 0.465 e. The maximum Gasteiger partial charge on any atom is 0.318 e. The molecule has 0 heterocycles. The lowest BCUT2D eigenvalue weighted by Gasteiger charge is -2.08. The van der Waals surface area contributed by atoms with Crippen LogP contribution >= 0.6 is 12.6 Å². The molecule has 3 heteroatoms. The fourth-order valence-corrected chi connectivity index (χ4v) is 2.10. The van der Waals surface area contributed by atoms with Gasteiger partial charge in [0.2, 0.25) is 0 Å². The molecule has 0 aromatic carbocycles. The lowest BCUT2D eigenvalue weighted by molar-refractivity contribution is -0.143. The third kappa shape index (κ3) is 12.6. The van der Waals surface area contributed by atoms with Crippen molar-refractivity contribution in [3.8, 4) is 0 Å². The normalized spacial score (nSPS) is 12.4. The molecule has 0 saturated carbocycles. The van der Waals surface area contributed by atoms with Crippen LogP contribution in [0.3, 0.4) is 0 Å². The summed E-state index contributed by atoms with van der Waals surface area (Å²) in [5.74, 6) is -0.165. The average Bonchev–Trinajstić information content (AvgIpc) is 2.43. The number of esters is 1. The highest BCUT2D eigenvalue weighted by atomic mass is 32.1. The molecule has 0 saturated heterocycles. The number of thiol groups is 1. The third-order valence-corrected chi connectivity index (χ3v) is 3.98. The van der Waals surface area contributed by atoms with Crippen LogP contribution in [-0.2, 0) is 9.53 Å². The molecular weight excluding hydrogens is 256 g/mol. The van der Waals surface area contributed by atoms with E-state index in [2.05, 4.69) is 19.6 Å². The minimum Gasteiger partial charge on any atom is -0.465 e. The first-order chi connectivity index (χ1) is 9.22. The molecule has 0 aliphatic rings. The van der Waals surface area contributed by atoms with Crippen LogP contribution < -0.4 is 0 Å². The van der Waals surface area contributed by atoms with Crippen LogP contribution in [0.25, 0.3) is 0 Å². The Bertz CT molecular complexity index is 207. The van der Waals surface area contributed by atoms with E-state index in [-0.39, 0.29) is 11.2 Å². The minimum atomic E-state index is -0.247. The van der Waals surface area contributed by atoms with Gasteiger partial charge in [-0.25, -0.2) is 0 Å².